The molecule has 1 unspecified atom stereocenters. The fourth-order valence-electron chi connectivity index (χ4n) is 1.36. The van der Waals surface area contributed by atoms with Crippen molar-refractivity contribution in [1.29, 1.82) is 0 Å². The molecule has 1 heterocycles. The van der Waals surface area contributed by atoms with Crippen LogP contribution >= 0.6 is 0 Å². The van der Waals surface area contributed by atoms with Crippen LogP contribution in [0.4, 0.5) is 5.82 Å². The Morgan fingerprint density at radius 3 is 2.76 bits per heavy atom. The Morgan fingerprint density at radius 1 is 1.65 bits per heavy atom. The molecule has 0 aliphatic carbocycles. The van der Waals surface area contributed by atoms with Crippen LogP contribution in [0, 0.1) is 10.1 Å². The van der Waals surface area contributed by atoms with Gasteiger partial charge in [-0.3, -0.25) is 4.79 Å². The second-order valence-electron chi connectivity index (χ2n) is 3.66. The van der Waals surface area contributed by atoms with Crippen molar-refractivity contribution < 1.29 is 14.8 Å². The lowest BCUT2D eigenvalue weighted by Crippen LogP contribution is -2.32. The molecule has 1 atom stereocenters. The predicted molar refractivity (Wildman–Crippen MR) is 60.7 cm³/mol. The topological polar surface area (TPSA) is 97.4 Å². The summed E-state index contributed by atoms with van der Waals surface area (Å²) in [7, 11) is 1.45. The van der Waals surface area contributed by atoms with E-state index >= 15 is 0 Å². The molecule has 0 bridgehead atoms. The number of rotatable bonds is 5. The van der Waals surface area contributed by atoms with E-state index in [2.05, 4.69) is 5.32 Å². The molecule has 0 aromatic carbocycles. The maximum absolute atomic E-state index is 11.7. The average Bonchev–Trinajstić information content (AvgIpc) is 2.67. The van der Waals surface area contributed by atoms with E-state index in [1.165, 1.54) is 23.7 Å². The number of aliphatic hydroxyl groups excluding tert-OH is 1. The van der Waals surface area contributed by atoms with Crippen LogP contribution in [0.1, 0.15) is 23.8 Å². The molecule has 0 saturated carbocycles. The van der Waals surface area contributed by atoms with Gasteiger partial charge >= 0.3 is 5.82 Å². The molecule has 0 radical (unpaired) electrons. The minimum atomic E-state index is -0.603. The molecule has 0 fully saturated rings. The summed E-state index contributed by atoms with van der Waals surface area (Å²) in [5, 5.41) is 22.4. The molecule has 0 aliphatic rings. The van der Waals surface area contributed by atoms with Gasteiger partial charge in [-0.2, -0.15) is 0 Å². The van der Waals surface area contributed by atoms with E-state index in [-0.39, 0.29) is 18.1 Å². The van der Waals surface area contributed by atoms with Gasteiger partial charge in [-0.25, -0.2) is 4.57 Å². The van der Waals surface area contributed by atoms with Crippen molar-refractivity contribution >= 4 is 11.7 Å². The summed E-state index contributed by atoms with van der Waals surface area (Å²) in [6, 6.07) is 2.65. The Kier molecular flexibility index (Phi) is 4.22. The van der Waals surface area contributed by atoms with Gasteiger partial charge in [0.15, 0.2) is 5.69 Å². The SMILES string of the molecule is CCC(O)CNC(=O)c1ccc([N+](=O)[O-])n1C. The van der Waals surface area contributed by atoms with Crippen molar-refractivity contribution in [1.82, 2.24) is 9.88 Å². The number of carbonyl (C=O) groups is 1. The molecular formula is C10H15N3O4. The van der Waals surface area contributed by atoms with Crippen LogP contribution in [-0.4, -0.2) is 33.2 Å². The monoisotopic (exact) mass is 241 g/mol. The van der Waals surface area contributed by atoms with Gasteiger partial charge in [-0.15, -0.1) is 0 Å². The van der Waals surface area contributed by atoms with Gasteiger partial charge in [-0.05, 0) is 17.4 Å². The Bertz CT molecular complexity index is 427. The van der Waals surface area contributed by atoms with Crippen molar-refractivity contribution in [3.05, 3.63) is 27.9 Å². The Hall–Kier alpha value is -1.89. The minimum Gasteiger partial charge on any atom is -0.391 e. The molecule has 94 valence electrons. The molecular weight excluding hydrogens is 226 g/mol. The van der Waals surface area contributed by atoms with E-state index in [0.29, 0.717) is 6.42 Å². The van der Waals surface area contributed by atoms with Crippen LogP contribution in [0.3, 0.4) is 0 Å². The molecule has 0 aliphatic heterocycles. The van der Waals surface area contributed by atoms with Gasteiger partial charge in [0.1, 0.15) is 0 Å². The second-order valence-corrected chi connectivity index (χ2v) is 3.66. The molecule has 1 aromatic heterocycles. The molecule has 2 N–H and O–H groups in total. The standard InChI is InChI=1S/C10H15N3O4/c1-3-7(14)6-11-10(15)8-4-5-9(12(8)2)13(16)17/h4-5,7,14H,3,6H2,1-2H3,(H,11,15). The van der Waals surface area contributed by atoms with Crippen LogP contribution < -0.4 is 5.32 Å². The zero-order valence-corrected chi connectivity index (χ0v) is 9.71. The first-order chi connectivity index (χ1) is 7.97. The third kappa shape index (κ3) is 3.04. The molecule has 7 nitrogen and oxygen atoms in total. The van der Waals surface area contributed by atoms with E-state index in [1.807, 2.05) is 0 Å². The molecule has 1 aromatic rings. The quantitative estimate of drug-likeness (QED) is 0.577. The van der Waals surface area contributed by atoms with Gasteiger partial charge in [-0.1, -0.05) is 6.92 Å². The van der Waals surface area contributed by atoms with Crippen molar-refractivity contribution in [3.8, 4) is 0 Å². The lowest BCUT2D eigenvalue weighted by Gasteiger charge is -2.08. The highest BCUT2D eigenvalue weighted by Crippen LogP contribution is 2.14. The summed E-state index contributed by atoms with van der Waals surface area (Å²) >= 11 is 0. The third-order valence-corrected chi connectivity index (χ3v) is 2.48. The number of carbonyl (C=O) groups excluding carboxylic acids is 1. The highest BCUT2D eigenvalue weighted by atomic mass is 16.6. The molecule has 0 spiro atoms. The fourth-order valence-corrected chi connectivity index (χ4v) is 1.36. The molecule has 1 amide bonds. The highest BCUT2D eigenvalue weighted by Gasteiger charge is 2.20. The first kappa shape index (κ1) is 13.2. The number of aliphatic hydroxyl groups is 1. The van der Waals surface area contributed by atoms with Crippen molar-refractivity contribution in [2.75, 3.05) is 6.54 Å². The van der Waals surface area contributed by atoms with Crippen molar-refractivity contribution in [2.24, 2.45) is 7.05 Å². The number of nitro groups is 1. The Morgan fingerprint density at radius 2 is 2.29 bits per heavy atom. The normalized spacial score (nSPS) is 12.2. The van der Waals surface area contributed by atoms with E-state index in [9.17, 15) is 20.0 Å². The zero-order valence-electron chi connectivity index (χ0n) is 9.71. The maximum atomic E-state index is 11.7. The van der Waals surface area contributed by atoms with E-state index in [1.54, 1.807) is 6.92 Å². The first-order valence-corrected chi connectivity index (χ1v) is 5.23. The van der Waals surface area contributed by atoms with Gasteiger partial charge < -0.3 is 20.5 Å². The highest BCUT2D eigenvalue weighted by molar-refractivity contribution is 5.93. The lowest BCUT2D eigenvalue weighted by atomic mass is 10.3. The van der Waals surface area contributed by atoms with Crippen LogP contribution in [0.15, 0.2) is 12.1 Å². The van der Waals surface area contributed by atoms with Crippen LogP contribution in [0.2, 0.25) is 0 Å². The maximum Gasteiger partial charge on any atom is 0.323 e. The molecule has 1 rings (SSSR count). The van der Waals surface area contributed by atoms with Gasteiger partial charge in [0.25, 0.3) is 5.91 Å². The number of amides is 1. The van der Waals surface area contributed by atoms with Gasteiger partial charge in [0.05, 0.1) is 13.2 Å². The summed E-state index contributed by atoms with van der Waals surface area (Å²) in [5.41, 5.74) is 0.194. The molecule has 7 heteroatoms. The summed E-state index contributed by atoms with van der Waals surface area (Å²) < 4.78 is 1.20. The predicted octanol–water partition coefficient (Wildman–Crippen LogP) is 0.434. The Labute approximate surface area is 98.2 Å². The average molecular weight is 241 g/mol. The number of aromatic nitrogens is 1. The van der Waals surface area contributed by atoms with Crippen molar-refractivity contribution in [3.63, 3.8) is 0 Å². The summed E-state index contributed by atoms with van der Waals surface area (Å²) in [6.45, 7) is 1.93. The van der Waals surface area contributed by atoms with Gasteiger partial charge in [0.2, 0.25) is 0 Å². The second kappa shape index (κ2) is 5.44. The summed E-state index contributed by atoms with van der Waals surface area (Å²) in [6.07, 6.45) is -0.0673. The largest absolute Gasteiger partial charge is 0.391 e. The third-order valence-electron chi connectivity index (χ3n) is 2.48. The van der Waals surface area contributed by atoms with Crippen LogP contribution in [0.25, 0.3) is 0 Å². The fraction of sp³-hybridized carbons (Fsp3) is 0.500. The van der Waals surface area contributed by atoms with E-state index < -0.39 is 16.9 Å². The van der Waals surface area contributed by atoms with Crippen molar-refractivity contribution in [2.45, 2.75) is 19.4 Å². The molecule has 0 saturated heterocycles. The van der Waals surface area contributed by atoms with E-state index in [4.69, 9.17) is 0 Å². The van der Waals surface area contributed by atoms with E-state index in [0.717, 1.165) is 0 Å². The lowest BCUT2D eigenvalue weighted by molar-refractivity contribution is -0.391. The number of nitrogens with one attached hydrogen (secondary N) is 1. The smallest absolute Gasteiger partial charge is 0.323 e. The van der Waals surface area contributed by atoms with Crippen LogP contribution in [-0.2, 0) is 7.05 Å². The zero-order chi connectivity index (χ0) is 13.0. The number of nitrogens with zero attached hydrogens (tertiary/aromatic N) is 2. The summed E-state index contributed by atoms with van der Waals surface area (Å²) in [5.74, 6) is -0.584. The number of hydrogen-bond acceptors (Lipinski definition) is 4. The molecule has 17 heavy (non-hydrogen) atoms. The van der Waals surface area contributed by atoms with Gasteiger partial charge in [0, 0.05) is 12.6 Å². The van der Waals surface area contributed by atoms with Crippen LogP contribution in [0.5, 0.6) is 0 Å². The number of hydrogen-bond donors (Lipinski definition) is 2. The minimum absolute atomic E-state index is 0.133. The summed E-state index contributed by atoms with van der Waals surface area (Å²) in [4.78, 5) is 21.7. The first-order valence-electron chi connectivity index (χ1n) is 5.23. The Balaban J connectivity index is 2.73.